The van der Waals surface area contributed by atoms with Crippen molar-refractivity contribution in [3.63, 3.8) is 0 Å². The molecule has 12 heavy (non-hydrogen) atoms. The van der Waals surface area contributed by atoms with Crippen LogP contribution in [-0.4, -0.2) is 0 Å². The molecule has 64 valence electrons. The maximum absolute atomic E-state index is 2.22. The Labute approximate surface area is 75.0 Å². The van der Waals surface area contributed by atoms with Gasteiger partial charge in [-0.3, -0.25) is 0 Å². The second kappa shape index (κ2) is 3.57. The summed E-state index contributed by atoms with van der Waals surface area (Å²) in [6, 6.07) is 0. The van der Waals surface area contributed by atoms with Gasteiger partial charge in [-0.25, -0.2) is 0 Å². The Morgan fingerprint density at radius 2 is 2.08 bits per heavy atom. The Bertz CT molecular complexity index is 264. The van der Waals surface area contributed by atoms with Crippen LogP contribution in [0.3, 0.4) is 0 Å². The SMILES string of the molecule is C/C=C/C1(C)C=CC=C(C)C=C1. The molecule has 0 bridgehead atoms. The van der Waals surface area contributed by atoms with Crippen LogP contribution in [0, 0.1) is 5.41 Å². The first-order valence-corrected chi connectivity index (χ1v) is 4.35. The second-order valence-electron chi connectivity index (χ2n) is 3.47. The minimum absolute atomic E-state index is 0.100. The normalized spacial score (nSPS) is 29.1. The molecule has 0 heterocycles. The summed E-state index contributed by atoms with van der Waals surface area (Å²) in [5.74, 6) is 0. The Morgan fingerprint density at radius 3 is 2.75 bits per heavy atom. The first kappa shape index (κ1) is 9.05. The predicted molar refractivity (Wildman–Crippen MR) is 55.0 cm³/mol. The van der Waals surface area contributed by atoms with Crippen LogP contribution >= 0.6 is 0 Å². The minimum Gasteiger partial charge on any atom is -0.0905 e. The highest BCUT2D eigenvalue weighted by Crippen LogP contribution is 2.25. The lowest BCUT2D eigenvalue weighted by atomic mass is 9.89. The lowest BCUT2D eigenvalue weighted by Crippen LogP contribution is -2.03. The van der Waals surface area contributed by atoms with Gasteiger partial charge in [0.05, 0.1) is 0 Å². The van der Waals surface area contributed by atoms with E-state index in [1.165, 1.54) is 5.57 Å². The molecule has 0 aliphatic heterocycles. The molecule has 1 atom stereocenters. The van der Waals surface area contributed by atoms with Gasteiger partial charge in [-0.2, -0.15) is 0 Å². The summed E-state index contributed by atoms with van der Waals surface area (Å²) in [7, 11) is 0. The molecule has 0 radical (unpaired) electrons. The van der Waals surface area contributed by atoms with Crippen LogP contribution < -0.4 is 0 Å². The first-order chi connectivity index (χ1) is 5.66. The van der Waals surface area contributed by atoms with Crippen molar-refractivity contribution in [2.75, 3.05) is 0 Å². The van der Waals surface area contributed by atoms with E-state index < -0.39 is 0 Å². The minimum atomic E-state index is 0.100. The van der Waals surface area contributed by atoms with Crippen molar-refractivity contribution >= 4 is 0 Å². The maximum Gasteiger partial charge on any atom is 0.0219 e. The van der Waals surface area contributed by atoms with Crippen molar-refractivity contribution in [3.05, 3.63) is 48.1 Å². The van der Waals surface area contributed by atoms with Crippen molar-refractivity contribution in [1.82, 2.24) is 0 Å². The van der Waals surface area contributed by atoms with Crippen molar-refractivity contribution in [2.45, 2.75) is 20.8 Å². The Kier molecular flexibility index (Phi) is 2.69. The zero-order valence-corrected chi connectivity index (χ0v) is 8.04. The third kappa shape index (κ3) is 2.23. The second-order valence-corrected chi connectivity index (χ2v) is 3.47. The molecule has 0 saturated heterocycles. The van der Waals surface area contributed by atoms with Crippen LogP contribution in [0.1, 0.15) is 20.8 Å². The van der Waals surface area contributed by atoms with Crippen molar-refractivity contribution in [3.8, 4) is 0 Å². The summed E-state index contributed by atoms with van der Waals surface area (Å²) in [6.07, 6.45) is 15.1. The van der Waals surface area contributed by atoms with E-state index in [1.807, 2.05) is 0 Å². The summed E-state index contributed by atoms with van der Waals surface area (Å²) in [6.45, 7) is 6.37. The van der Waals surface area contributed by atoms with E-state index in [9.17, 15) is 0 Å². The molecule has 1 rings (SSSR count). The number of allylic oxidation sites excluding steroid dienone is 8. The van der Waals surface area contributed by atoms with Crippen LogP contribution in [0.4, 0.5) is 0 Å². The average molecular weight is 160 g/mol. The quantitative estimate of drug-likeness (QED) is 0.514. The molecule has 1 aliphatic carbocycles. The van der Waals surface area contributed by atoms with Crippen LogP contribution in [0.2, 0.25) is 0 Å². The molecule has 0 fully saturated rings. The Balaban J connectivity index is 2.92. The highest BCUT2D eigenvalue weighted by molar-refractivity contribution is 5.32. The van der Waals surface area contributed by atoms with Crippen LogP contribution in [0.5, 0.6) is 0 Å². The van der Waals surface area contributed by atoms with E-state index in [0.29, 0.717) is 0 Å². The molecule has 0 saturated carbocycles. The third-order valence-corrected chi connectivity index (χ3v) is 2.05. The fraction of sp³-hybridized carbons (Fsp3) is 0.333. The fourth-order valence-corrected chi connectivity index (χ4v) is 1.30. The molecule has 1 aliphatic rings. The number of rotatable bonds is 1. The van der Waals surface area contributed by atoms with Crippen LogP contribution in [-0.2, 0) is 0 Å². The van der Waals surface area contributed by atoms with E-state index in [1.54, 1.807) is 0 Å². The summed E-state index contributed by atoms with van der Waals surface area (Å²) in [5, 5.41) is 0. The molecule has 0 aromatic rings. The molecule has 0 heteroatoms. The topological polar surface area (TPSA) is 0 Å². The van der Waals surface area contributed by atoms with Crippen molar-refractivity contribution in [1.29, 1.82) is 0 Å². The maximum atomic E-state index is 2.22. The lowest BCUT2D eigenvalue weighted by Gasteiger charge is -2.15. The predicted octanol–water partition coefficient (Wildman–Crippen LogP) is 3.64. The van der Waals surface area contributed by atoms with Gasteiger partial charge in [0, 0.05) is 5.41 Å². The smallest absolute Gasteiger partial charge is 0.0219 e. The van der Waals surface area contributed by atoms with Gasteiger partial charge < -0.3 is 0 Å². The third-order valence-electron chi connectivity index (χ3n) is 2.05. The number of hydrogen-bond donors (Lipinski definition) is 0. The van der Waals surface area contributed by atoms with Gasteiger partial charge in [-0.05, 0) is 20.8 Å². The van der Waals surface area contributed by atoms with Gasteiger partial charge in [0.15, 0.2) is 0 Å². The van der Waals surface area contributed by atoms with Gasteiger partial charge in [-0.1, -0.05) is 48.1 Å². The monoisotopic (exact) mass is 160 g/mol. The molecular formula is C12H16. The Hall–Kier alpha value is -1.04. The largest absolute Gasteiger partial charge is 0.0905 e. The molecule has 0 N–H and O–H groups in total. The highest BCUT2D eigenvalue weighted by Gasteiger charge is 2.12. The molecule has 1 unspecified atom stereocenters. The van der Waals surface area contributed by atoms with Crippen molar-refractivity contribution < 1.29 is 0 Å². The van der Waals surface area contributed by atoms with Gasteiger partial charge in [-0.15, -0.1) is 0 Å². The Morgan fingerprint density at radius 1 is 1.33 bits per heavy atom. The first-order valence-electron chi connectivity index (χ1n) is 4.35. The molecule has 0 nitrogen and oxygen atoms in total. The van der Waals surface area contributed by atoms with E-state index >= 15 is 0 Å². The zero-order valence-electron chi connectivity index (χ0n) is 8.04. The molecular weight excluding hydrogens is 144 g/mol. The van der Waals surface area contributed by atoms with Crippen LogP contribution in [0.15, 0.2) is 48.1 Å². The standard InChI is InChI=1S/C12H16/c1-4-8-12(3)9-5-6-11(2)7-10-12/h4-10H,1-3H3/b8-4+. The lowest BCUT2D eigenvalue weighted by molar-refractivity contribution is 0.716. The highest BCUT2D eigenvalue weighted by atomic mass is 14.2. The summed E-state index contributed by atoms with van der Waals surface area (Å²) >= 11 is 0. The van der Waals surface area contributed by atoms with Crippen molar-refractivity contribution in [2.24, 2.45) is 5.41 Å². The number of hydrogen-bond acceptors (Lipinski definition) is 0. The van der Waals surface area contributed by atoms with E-state index in [0.717, 1.165) is 0 Å². The summed E-state index contributed by atoms with van der Waals surface area (Å²) < 4.78 is 0. The van der Waals surface area contributed by atoms with Gasteiger partial charge in [0.1, 0.15) is 0 Å². The van der Waals surface area contributed by atoms with Gasteiger partial charge >= 0.3 is 0 Å². The van der Waals surface area contributed by atoms with Gasteiger partial charge in [0.2, 0.25) is 0 Å². The molecule has 0 spiro atoms. The average Bonchev–Trinajstić information content (AvgIpc) is 2.15. The van der Waals surface area contributed by atoms with Gasteiger partial charge in [0.25, 0.3) is 0 Å². The fourth-order valence-electron chi connectivity index (χ4n) is 1.30. The zero-order chi connectivity index (χ0) is 9.03. The van der Waals surface area contributed by atoms with E-state index in [2.05, 4.69) is 63.3 Å². The van der Waals surface area contributed by atoms with Crippen LogP contribution in [0.25, 0.3) is 0 Å². The molecule has 0 aromatic carbocycles. The summed E-state index contributed by atoms with van der Waals surface area (Å²) in [4.78, 5) is 0. The molecule has 0 aromatic heterocycles. The van der Waals surface area contributed by atoms with E-state index in [-0.39, 0.29) is 5.41 Å². The molecule has 0 amide bonds. The van der Waals surface area contributed by atoms with E-state index in [4.69, 9.17) is 0 Å². The summed E-state index contributed by atoms with van der Waals surface area (Å²) in [5.41, 5.74) is 1.41.